The van der Waals surface area contributed by atoms with Crippen LogP contribution >= 0.6 is 23.1 Å². The molecule has 1 aliphatic carbocycles. The highest BCUT2D eigenvalue weighted by Gasteiger charge is 2.26. The van der Waals surface area contributed by atoms with E-state index in [1.807, 2.05) is 11.8 Å². The Bertz CT molecular complexity index is 1280. The van der Waals surface area contributed by atoms with Crippen molar-refractivity contribution in [1.82, 2.24) is 9.71 Å². The van der Waals surface area contributed by atoms with Gasteiger partial charge in [-0.2, -0.15) is 0 Å². The maximum Gasteiger partial charge on any atom is 0.242 e. The van der Waals surface area contributed by atoms with Gasteiger partial charge in [-0.1, -0.05) is 30.3 Å². The number of para-hydroxylation sites is 1. The van der Waals surface area contributed by atoms with E-state index in [2.05, 4.69) is 46.0 Å². The minimum absolute atomic E-state index is 0.184. The highest BCUT2D eigenvalue weighted by atomic mass is 32.2. The summed E-state index contributed by atoms with van der Waals surface area (Å²) in [6.07, 6.45) is 5.02. The van der Waals surface area contributed by atoms with Crippen LogP contribution in [-0.2, 0) is 16.4 Å². The molecule has 0 saturated heterocycles. The molecule has 1 fully saturated rings. The molecule has 2 aromatic carbocycles. The van der Waals surface area contributed by atoms with Gasteiger partial charge in [0.05, 0.1) is 11.4 Å². The fourth-order valence-electron chi connectivity index (χ4n) is 4.64. The van der Waals surface area contributed by atoms with E-state index in [9.17, 15) is 8.42 Å². The summed E-state index contributed by atoms with van der Waals surface area (Å²) in [6.45, 7) is 3.93. The van der Waals surface area contributed by atoms with Gasteiger partial charge in [0.15, 0.2) is 5.13 Å². The molecule has 1 saturated carbocycles. The number of aryl methyl sites for hydroxylation is 1. The van der Waals surface area contributed by atoms with Crippen molar-refractivity contribution in [3.8, 4) is 11.3 Å². The minimum Gasteiger partial charge on any atom is -0.359 e. The second-order valence-electron chi connectivity index (χ2n) is 8.73. The first-order chi connectivity index (χ1) is 16.5. The minimum atomic E-state index is -3.60. The van der Waals surface area contributed by atoms with Crippen LogP contribution in [0.1, 0.15) is 30.6 Å². The van der Waals surface area contributed by atoms with Crippen molar-refractivity contribution in [1.29, 1.82) is 0 Å². The van der Waals surface area contributed by atoms with E-state index in [4.69, 9.17) is 4.98 Å². The molecule has 178 valence electrons. The number of thioether (sulfide) groups is 1. The number of nitrogens with zero attached hydrogens (tertiary/aromatic N) is 2. The van der Waals surface area contributed by atoms with E-state index in [1.54, 1.807) is 35.6 Å². The fraction of sp³-hybridized carbons (Fsp3) is 0.360. The van der Waals surface area contributed by atoms with Crippen molar-refractivity contribution in [3.63, 3.8) is 0 Å². The van der Waals surface area contributed by atoms with Crippen LogP contribution in [0.25, 0.3) is 11.3 Å². The predicted molar refractivity (Wildman–Crippen MR) is 142 cm³/mol. The Labute approximate surface area is 209 Å². The number of benzene rings is 2. The largest absolute Gasteiger partial charge is 0.359 e. The third-order valence-electron chi connectivity index (χ3n) is 6.49. The first-order valence-electron chi connectivity index (χ1n) is 11.6. The molecule has 0 spiro atoms. The molecule has 2 heterocycles. The lowest BCUT2D eigenvalue weighted by atomic mass is 9.86. The zero-order valence-electron chi connectivity index (χ0n) is 18.9. The summed E-state index contributed by atoms with van der Waals surface area (Å²) in [5.41, 5.74) is 2.75. The number of hydrogen-bond donors (Lipinski definition) is 2. The molecule has 0 bridgehead atoms. The van der Waals surface area contributed by atoms with E-state index in [-0.39, 0.29) is 4.90 Å². The van der Waals surface area contributed by atoms with Crippen LogP contribution in [0, 0.1) is 5.92 Å². The van der Waals surface area contributed by atoms with Crippen LogP contribution in [0.3, 0.4) is 0 Å². The molecule has 5 rings (SSSR count). The number of aliphatic imine (C=N–C) groups is 1. The second kappa shape index (κ2) is 10.2. The van der Waals surface area contributed by atoms with Crippen molar-refractivity contribution in [3.05, 3.63) is 53.4 Å². The Morgan fingerprint density at radius 2 is 1.82 bits per heavy atom. The van der Waals surface area contributed by atoms with Crippen LogP contribution < -0.4 is 10.0 Å². The summed E-state index contributed by atoms with van der Waals surface area (Å²) in [4.78, 5) is 11.7. The number of anilines is 1. The van der Waals surface area contributed by atoms with Gasteiger partial charge in [-0.05, 0) is 62.9 Å². The van der Waals surface area contributed by atoms with Crippen LogP contribution in [-0.4, -0.2) is 38.5 Å². The number of fused-ring (bicyclic) bond motifs is 3. The molecule has 0 amide bonds. The van der Waals surface area contributed by atoms with E-state index < -0.39 is 10.0 Å². The van der Waals surface area contributed by atoms with Crippen LogP contribution in [0.15, 0.2) is 63.3 Å². The predicted octanol–water partition coefficient (Wildman–Crippen LogP) is 5.74. The first-order valence-corrected chi connectivity index (χ1v) is 14.9. The van der Waals surface area contributed by atoms with Gasteiger partial charge in [-0.15, -0.1) is 23.1 Å². The summed E-state index contributed by atoms with van der Waals surface area (Å²) in [7, 11) is -3.60. The van der Waals surface area contributed by atoms with Gasteiger partial charge in [0.25, 0.3) is 0 Å². The Morgan fingerprint density at radius 3 is 2.65 bits per heavy atom. The third kappa shape index (κ3) is 5.07. The molecule has 9 heteroatoms. The quantitative estimate of drug-likeness (QED) is 0.395. The van der Waals surface area contributed by atoms with Gasteiger partial charge in [-0.25, -0.2) is 18.1 Å². The highest BCUT2D eigenvalue weighted by Crippen LogP contribution is 2.41. The summed E-state index contributed by atoms with van der Waals surface area (Å²) < 4.78 is 28.3. The number of hydrogen-bond acceptors (Lipinski definition) is 7. The number of nitrogens with one attached hydrogen (secondary N) is 2. The molecular weight excluding hydrogens is 485 g/mol. The smallest absolute Gasteiger partial charge is 0.242 e. The Balaban J connectivity index is 1.17. The van der Waals surface area contributed by atoms with E-state index in [0.29, 0.717) is 24.2 Å². The van der Waals surface area contributed by atoms with Gasteiger partial charge < -0.3 is 5.32 Å². The van der Waals surface area contributed by atoms with Gasteiger partial charge in [-0.3, -0.25) is 4.99 Å². The van der Waals surface area contributed by atoms with Gasteiger partial charge in [0.2, 0.25) is 10.0 Å². The second-order valence-corrected chi connectivity index (χ2v) is 12.7. The first kappa shape index (κ1) is 23.5. The molecule has 3 aromatic rings. The Morgan fingerprint density at radius 1 is 1.06 bits per heavy atom. The molecule has 2 N–H and O–H groups in total. The zero-order valence-corrected chi connectivity index (χ0v) is 21.3. The van der Waals surface area contributed by atoms with Crippen molar-refractivity contribution >= 4 is 50.7 Å². The Kier molecular flexibility index (Phi) is 7.06. The fourth-order valence-corrected chi connectivity index (χ4v) is 8.12. The monoisotopic (exact) mass is 512 g/mol. The molecule has 0 atom stereocenters. The van der Waals surface area contributed by atoms with Crippen molar-refractivity contribution in [2.45, 2.75) is 47.9 Å². The van der Waals surface area contributed by atoms with Gasteiger partial charge >= 0.3 is 0 Å². The molecule has 1 aromatic heterocycles. The average molecular weight is 513 g/mol. The standard InChI is InChI=1S/C25H28N4O2S3/c1-26-20-7-3-5-9-23(20)34(30,31)27-16-17-10-12-18(13-11-17)28-25-29-24-19-6-2-4-8-21(19)32-15-14-22(24)33-25/h2-9,17-18,27H,1,10-16H2,(H,28,29). The average Bonchev–Trinajstić information content (AvgIpc) is 3.17. The van der Waals surface area contributed by atoms with Crippen LogP contribution in [0.5, 0.6) is 0 Å². The molecule has 6 nitrogen and oxygen atoms in total. The summed E-state index contributed by atoms with van der Waals surface area (Å²) >= 11 is 3.69. The highest BCUT2D eigenvalue weighted by molar-refractivity contribution is 7.99. The lowest BCUT2D eigenvalue weighted by Gasteiger charge is -2.29. The Hall–Kier alpha value is -2.20. The number of rotatable bonds is 7. The van der Waals surface area contributed by atoms with Crippen molar-refractivity contribution in [2.75, 3.05) is 17.6 Å². The molecular formula is C25H28N4O2S3. The van der Waals surface area contributed by atoms with Gasteiger partial charge in [0.1, 0.15) is 4.90 Å². The molecule has 34 heavy (non-hydrogen) atoms. The summed E-state index contributed by atoms with van der Waals surface area (Å²) in [5, 5.41) is 4.67. The lowest BCUT2D eigenvalue weighted by molar-refractivity contribution is 0.337. The topological polar surface area (TPSA) is 83.5 Å². The summed E-state index contributed by atoms with van der Waals surface area (Å²) in [5.74, 6) is 1.41. The number of thiazole rings is 1. The third-order valence-corrected chi connectivity index (χ3v) is 10.1. The normalized spacial score (nSPS) is 20.1. The van der Waals surface area contributed by atoms with E-state index >= 15 is 0 Å². The molecule has 0 radical (unpaired) electrons. The maximum atomic E-state index is 12.7. The SMILES string of the molecule is C=Nc1ccccc1S(=O)(=O)NCC1CCC(Nc2nc3c(s2)CCSc2ccccc2-3)CC1. The zero-order chi connectivity index (χ0) is 23.5. The molecule has 2 aliphatic rings. The van der Waals surface area contributed by atoms with Crippen molar-refractivity contribution in [2.24, 2.45) is 10.9 Å². The van der Waals surface area contributed by atoms with E-state index in [1.165, 1.54) is 15.3 Å². The maximum absolute atomic E-state index is 12.7. The number of aromatic nitrogens is 1. The van der Waals surface area contributed by atoms with Crippen LogP contribution in [0.2, 0.25) is 0 Å². The molecule has 0 unspecified atom stereocenters. The van der Waals surface area contributed by atoms with Crippen molar-refractivity contribution < 1.29 is 8.42 Å². The van der Waals surface area contributed by atoms with Gasteiger partial charge in [0, 0.05) is 33.7 Å². The van der Waals surface area contributed by atoms with E-state index in [0.717, 1.165) is 48.7 Å². The van der Waals surface area contributed by atoms with Crippen LogP contribution in [0.4, 0.5) is 10.8 Å². The molecule has 1 aliphatic heterocycles. The lowest BCUT2D eigenvalue weighted by Crippen LogP contribution is -2.34. The summed E-state index contributed by atoms with van der Waals surface area (Å²) in [6, 6.07) is 15.6. The number of sulfonamides is 1.